The van der Waals surface area contributed by atoms with Crippen molar-refractivity contribution in [1.29, 1.82) is 0 Å². The predicted octanol–water partition coefficient (Wildman–Crippen LogP) is 2.84. The van der Waals surface area contributed by atoms with Crippen molar-refractivity contribution < 1.29 is 0 Å². The van der Waals surface area contributed by atoms with Crippen molar-refractivity contribution in [2.24, 2.45) is 5.41 Å². The number of halogens is 1. The molecule has 1 fully saturated rings. The van der Waals surface area contributed by atoms with E-state index in [-0.39, 0.29) is 0 Å². The molecule has 1 aliphatic rings. The van der Waals surface area contributed by atoms with E-state index in [1.807, 2.05) is 0 Å². The zero-order valence-corrected chi connectivity index (χ0v) is 11.8. The number of nitrogens with zero attached hydrogens (tertiary/aromatic N) is 1. The molecule has 0 aromatic carbocycles. The molecular formula is C13H25ClN2. The maximum Gasteiger partial charge on any atom is 0.0243 e. The normalized spacial score (nSPS) is 25.6. The molecule has 1 rings (SSSR count). The summed E-state index contributed by atoms with van der Waals surface area (Å²) in [5.41, 5.74) is 3.27. The number of hydrogen-bond donors (Lipinski definition) is 1. The van der Waals surface area contributed by atoms with Crippen LogP contribution in [0.1, 0.15) is 34.1 Å². The predicted molar refractivity (Wildman–Crippen MR) is 71.9 cm³/mol. The van der Waals surface area contributed by atoms with Gasteiger partial charge in [-0.3, -0.25) is 4.90 Å². The highest BCUT2D eigenvalue weighted by Gasteiger charge is 2.27. The number of rotatable bonds is 2. The van der Waals surface area contributed by atoms with Crippen LogP contribution in [0.25, 0.3) is 0 Å². The molecule has 0 radical (unpaired) electrons. The van der Waals surface area contributed by atoms with Gasteiger partial charge < -0.3 is 5.32 Å². The molecule has 0 aromatic rings. The van der Waals surface area contributed by atoms with Crippen molar-refractivity contribution >= 4 is 11.6 Å². The zero-order valence-electron chi connectivity index (χ0n) is 11.0. The summed E-state index contributed by atoms with van der Waals surface area (Å²) in [7, 11) is 0. The number of hydrogen-bond acceptors (Lipinski definition) is 2. The molecule has 16 heavy (non-hydrogen) atoms. The van der Waals surface area contributed by atoms with Crippen LogP contribution in [0.2, 0.25) is 0 Å². The molecule has 2 nitrogen and oxygen atoms in total. The van der Waals surface area contributed by atoms with Crippen LogP contribution in [0.3, 0.4) is 0 Å². The Kier molecular flexibility index (Phi) is 5.29. The molecule has 1 heterocycles. The van der Waals surface area contributed by atoms with E-state index in [2.05, 4.69) is 37.9 Å². The van der Waals surface area contributed by atoms with Gasteiger partial charge >= 0.3 is 0 Å². The van der Waals surface area contributed by atoms with Crippen molar-refractivity contribution in [2.45, 2.75) is 40.2 Å². The Balaban J connectivity index is 2.59. The molecule has 1 saturated heterocycles. The third-order valence-electron chi connectivity index (χ3n) is 3.19. The fourth-order valence-electron chi connectivity index (χ4n) is 2.10. The molecule has 0 aliphatic carbocycles. The first-order valence-corrected chi connectivity index (χ1v) is 6.58. The summed E-state index contributed by atoms with van der Waals surface area (Å²) in [6.45, 7) is 13.4. The lowest BCUT2D eigenvalue weighted by Gasteiger charge is -2.33. The van der Waals surface area contributed by atoms with Gasteiger partial charge in [0.1, 0.15) is 0 Å². The Labute approximate surface area is 105 Å². The summed E-state index contributed by atoms with van der Waals surface area (Å²) in [5, 5.41) is 3.65. The van der Waals surface area contributed by atoms with Gasteiger partial charge in [0, 0.05) is 24.7 Å². The van der Waals surface area contributed by atoms with E-state index in [1.54, 1.807) is 5.54 Å². The van der Waals surface area contributed by atoms with Gasteiger partial charge in [-0.05, 0) is 37.4 Å². The molecule has 0 saturated carbocycles. The first-order valence-electron chi connectivity index (χ1n) is 6.15. The van der Waals surface area contributed by atoms with E-state index in [4.69, 9.17) is 11.6 Å². The van der Waals surface area contributed by atoms with Crippen molar-refractivity contribution in [3.63, 3.8) is 0 Å². The largest absolute Gasteiger partial charge is 0.312 e. The molecule has 0 aromatic heterocycles. The summed E-state index contributed by atoms with van der Waals surface area (Å²) >= 11 is 5.73. The van der Waals surface area contributed by atoms with E-state index in [0.717, 1.165) is 19.6 Å². The van der Waals surface area contributed by atoms with Crippen LogP contribution in [0.5, 0.6) is 0 Å². The fourth-order valence-corrected chi connectivity index (χ4v) is 2.17. The molecule has 1 unspecified atom stereocenters. The van der Waals surface area contributed by atoms with E-state index < -0.39 is 0 Å². The average molecular weight is 245 g/mol. The summed E-state index contributed by atoms with van der Waals surface area (Å²) in [6, 6.07) is 0.568. The standard InChI is InChI=1S/C13H25ClN2/c1-11(8-14)9-16-7-5-6-15-12(10-16)13(2,3)4/h8,12,15H,5-7,9-10H2,1-4H3. The minimum Gasteiger partial charge on any atom is -0.312 e. The summed E-state index contributed by atoms with van der Waals surface area (Å²) < 4.78 is 0. The number of nitrogens with one attached hydrogen (secondary N) is 1. The van der Waals surface area contributed by atoms with E-state index in [9.17, 15) is 0 Å². The van der Waals surface area contributed by atoms with Crippen LogP contribution in [0.15, 0.2) is 11.1 Å². The van der Waals surface area contributed by atoms with E-state index in [0.29, 0.717) is 11.5 Å². The van der Waals surface area contributed by atoms with E-state index in [1.165, 1.54) is 18.5 Å². The maximum atomic E-state index is 5.73. The molecular weight excluding hydrogens is 220 g/mol. The molecule has 3 heteroatoms. The van der Waals surface area contributed by atoms with Crippen LogP contribution in [-0.2, 0) is 0 Å². The highest BCUT2D eigenvalue weighted by molar-refractivity contribution is 6.25. The Morgan fingerprint density at radius 1 is 1.50 bits per heavy atom. The molecule has 0 bridgehead atoms. The highest BCUT2D eigenvalue weighted by Crippen LogP contribution is 2.22. The van der Waals surface area contributed by atoms with Crippen molar-refractivity contribution in [3.05, 3.63) is 11.1 Å². The fraction of sp³-hybridized carbons (Fsp3) is 0.846. The van der Waals surface area contributed by atoms with Gasteiger partial charge in [0.25, 0.3) is 0 Å². The molecule has 1 N–H and O–H groups in total. The second-order valence-electron chi connectivity index (χ2n) is 5.92. The zero-order chi connectivity index (χ0) is 12.2. The summed E-state index contributed by atoms with van der Waals surface area (Å²) in [5.74, 6) is 0. The van der Waals surface area contributed by atoms with Crippen LogP contribution < -0.4 is 5.32 Å². The van der Waals surface area contributed by atoms with Crippen molar-refractivity contribution in [3.8, 4) is 0 Å². The lowest BCUT2D eigenvalue weighted by molar-refractivity contribution is 0.206. The van der Waals surface area contributed by atoms with E-state index >= 15 is 0 Å². The molecule has 0 spiro atoms. The average Bonchev–Trinajstić information content (AvgIpc) is 2.42. The smallest absolute Gasteiger partial charge is 0.0243 e. The minimum atomic E-state index is 0.321. The van der Waals surface area contributed by atoms with Crippen LogP contribution in [0.4, 0.5) is 0 Å². The Hall–Kier alpha value is -0.0500. The SMILES string of the molecule is CC(=CCl)CN1CCCNC(C(C)(C)C)C1. The second kappa shape index (κ2) is 6.04. The molecule has 0 amide bonds. The Bertz CT molecular complexity index is 243. The molecule has 1 atom stereocenters. The van der Waals surface area contributed by atoms with Gasteiger partial charge in [-0.15, -0.1) is 0 Å². The van der Waals surface area contributed by atoms with Crippen molar-refractivity contribution in [1.82, 2.24) is 10.2 Å². The topological polar surface area (TPSA) is 15.3 Å². The van der Waals surface area contributed by atoms with Crippen LogP contribution in [-0.4, -0.2) is 37.1 Å². The maximum absolute atomic E-state index is 5.73. The third kappa shape index (κ3) is 4.44. The van der Waals surface area contributed by atoms with Gasteiger partial charge in [-0.25, -0.2) is 0 Å². The Morgan fingerprint density at radius 3 is 2.75 bits per heavy atom. The molecule has 94 valence electrons. The van der Waals surface area contributed by atoms with Gasteiger partial charge in [-0.2, -0.15) is 0 Å². The Morgan fingerprint density at radius 2 is 2.19 bits per heavy atom. The quantitative estimate of drug-likeness (QED) is 0.804. The van der Waals surface area contributed by atoms with Gasteiger partial charge in [0.15, 0.2) is 0 Å². The summed E-state index contributed by atoms with van der Waals surface area (Å²) in [4.78, 5) is 2.50. The minimum absolute atomic E-state index is 0.321. The third-order valence-corrected chi connectivity index (χ3v) is 3.56. The van der Waals surface area contributed by atoms with Crippen LogP contribution >= 0.6 is 11.6 Å². The summed E-state index contributed by atoms with van der Waals surface area (Å²) in [6.07, 6.45) is 1.22. The second-order valence-corrected chi connectivity index (χ2v) is 6.14. The first-order chi connectivity index (χ1) is 7.43. The highest BCUT2D eigenvalue weighted by atomic mass is 35.5. The lowest BCUT2D eigenvalue weighted by atomic mass is 9.86. The first kappa shape index (κ1) is 14.0. The van der Waals surface area contributed by atoms with Gasteiger partial charge in [0.05, 0.1) is 0 Å². The van der Waals surface area contributed by atoms with Gasteiger partial charge in [-0.1, -0.05) is 32.4 Å². The van der Waals surface area contributed by atoms with Crippen LogP contribution in [0, 0.1) is 5.41 Å². The van der Waals surface area contributed by atoms with Gasteiger partial charge in [0.2, 0.25) is 0 Å². The monoisotopic (exact) mass is 244 g/mol. The van der Waals surface area contributed by atoms with Crippen molar-refractivity contribution in [2.75, 3.05) is 26.2 Å². The molecule has 1 aliphatic heterocycles. The lowest BCUT2D eigenvalue weighted by Crippen LogP contribution is -2.46.